The molecule has 0 bridgehead atoms. The van der Waals surface area contributed by atoms with Crippen molar-refractivity contribution < 1.29 is 14.3 Å². The Morgan fingerprint density at radius 3 is 2.63 bits per heavy atom. The predicted octanol–water partition coefficient (Wildman–Crippen LogP) is 2.37. The van der Waals surface area contributed by atoms with Crippen molar-refractivity contribution >= 4 is 21.8 Å². The molecular weight excluding hydrogens is 310 g/mol. The summed E-state index contributed by atoms with van der Waals surface area (Å²) in [4.78, 5) is 11.9. The molecule has 0 aromatic heterocycles. The van der Waals surface area contributed by atoms with Crippen LogP contribution in [0.1, 0.15) is 13.8 Å². The van der Waals surface area contributed by atoms with Gasteiger partial charge in [0.25, 0.3) is 5.91 Å². The number of hydrogen-bond donors (Lipinski definition) is 1. The molecule has 19 heavy (non-hydrogen) atoms. The molecule has 0 spiro atoms. The summed E-state index contributed by atoms with van der Waals surface area (Å²) in [6.45, 7) is 5.87. The van der Waals surface area contributed by atoms with Gasteiger partial charge in [0.1, 0.15) is 5.75 Å². The molecule has 1 saturated heterocycles. The van der Waals surface area contributed by atoms with Crippen LogP contribution in [0.4, 0.5) is 0 Å². The first-order valence-corrected chi connectivity index (χ1v) is 7.05. The van der Waals surface area contributed by atoms with Crippen molar-refractivity contribution in [1.29, 1.82) is 0 Å². The maximum atomic E-state index is 11.9. The highest BCUT2D eigenvalue weighted by atomic mass is 79.9. The van der Waals surface area contributed by atoms with Crippen molar-refractivity contribution in [3.8, 4) is 5.75 Å². The van der Waals surface area contributed by atoms with Crippen LogP contribution in [-0.2, 0) is 9.53 Å². The molecule has 5 heteroatoms. The molecule has 1 atom stereocenters. The molecule has 1 aromatic rings. The number of halogens is 1. The number of nitrogens with one attached hydrogen (secondary N) is 1. The third-order valence-electron chi connectivity index (χ3n) is 3.09. The van der Waals surface area contributed by atoms with Gasteiger partial charge >= 0.3 is 0 Å². The minimum Gasteiger partial charge on any atom is -0.481 e. The molecule has 1 aliphatic heterocycles. The van der Waals surface area contributed by atoms with Crippen LogP contribution < -0.4 is 10.1 Å². The van der Waals surface area contributed by atoms with E-state index in [4.69, 9.17) is 9.47 Å². The van der Waals surface area contributed by atoms with Crippen LogP contribution in [0.15, 0.2) is 28.7 Å². The Hall–Kier alpha value is -1.07. The van der Waals surface area contributed by atoms with Crippen LogP contribution in [-0.4, -0.2) is 31.8 Å². The molecule has 4 nitrogen and oxygen atoms in total. The minimum atomic E-state index is -0.509. The molecule has 1 fully saturated rings. The van der Waals surface area contributed by atoms with Crippen molar-refractivity contribution in [3.63, 3.8) is 0 Å². The van der Waals surface area contributed by atoms with E-state index in [0.29, 0.717) is 25.5 Å². The second-order valence-electron chi connectivity index (χ2n) is 5.24. The van der Waals surface area contributed by atoms with Gasteiger partial charge in [-0.15, -0.1) is 0 Å². The van der Waals surface area contributed by atoms with Gasteiger partial charge in [-0.1, -0.05) is 22.9 Å². The predicted molar refractivity (Wildman–Crippen MR) is 76.2 cm³/mol. The lowest BCUT2D eigenvalue weighted by Crippen LogP contribution is -2.50. The molecule has 104 valence electrons. The second kappa shape index (κ2) is 5.92. The zero-order chi connectivity index (χ0) is 13.9. The van der Waals surface area contributed by atoms with E-state index in [9.17, 15) is 4.79 Å². The number of rotatable bonds is 5. The van der Waals surface area contributed by atoms with E-state index in [1.165, 1.54) is 0 Å². The van der Waals surface area contributed by atoms with E-state index >= 15 is 0 Å². The summed E-state index contributed by atoms with van der Waals surface area (Å²) in [6, 6.07) is 7.42. The summed E-state index contributed by atoms with van der Waals surface area (Å²) in [5.41, 5.74) is 0.0764. The third kappa shape index (κ3) is 3.94. The lowest BCUT2D eigenvalue weighted by Gasteiger charge is -2.38. The minimum absolute atomic E-state index is 0.0764. The van der Waals surface area contributed by atoms with E-state index in [1.807, 2.05) is 24.3 Å². The number of carbonyl (C=O) groups excluding carboxylic acids is 1. The molecule has 1 heterocycles. The Morgan fingerprint density at radius 1 is 1.47 bits per heavy atom. The zero-order valence-electron chi connectivity index (χ0n) is 11.1. The van der Waals surface area contributed by atoms with Crippen molar-refractivity contribution in [3.05, 3.63) is 28.7 Å². The van der Waals surface area contributed by atoms with E-state index in [-0.39, 0.29) is 11.3 Å². The summed E-state index contributed by atoms with van der Waals surface area (Å²) >= 11 is 3.35. The Labute approximate surface area is 121 Å². The number of ether oxygens (including phenoxy) is 2. The summed E-state index contributed by atoms with van der Waals surface area (Å²) in [5.74, 6) is 0.583. The molecule has 0 radical (unpaired) electrons. The molecule has 1 unspecified atom stereocenters. The highest BCUT2D eigenvalue weighted by molar-refractivity contribution is 9.10. The summed E-state index contributed by atoms with van der Waals surface area (Å²) in [7, 11) is 0. The lowest BCUT2D eigenvalue weighted by atomic mass is 9.89. The number of benzene rings is 1. The summed E-state index contributed by atoms with van der Waals surface area (Å²) < 4.78 is 11.7. The first-order chi connectivity index (χ1) is 8.98. The molecular formula is C14H18BrNO3. The van der Waals surface area contributed by atoms with Crippen LogP contribution in [0.25, 0.3) is 0 Å². The maximum Gasteiger partial charge on any atom is 0.260 e. The largest absolute Gasteiger partial charge is 0.481 e. The van der Waals surface area contributed by atoms with E-state index in [0.717, 1.165) is 4.47 Å². The molecule has 0 saturated carbocycles. The van der Waals surface area contributed by atoms with Crippen LogP contribution in [0.2, 0.25) is 0 Å². The second-order valence-corrected chi connectivity index (χ2v) is 6.15. The average molecular weight is 328 g/mol. The van der Waals surface area contributed by atoms with Crippen molar-refractivity contribution in [2.75, 3.05) is 19.8 Å². The van der Waals surface area contributed by atoms with Crippen LogP contribution in [0.3, 0.4) is 0 Å². The first-order valence-electron chi connectivity index (χ1n) is 6.26. The first kappa shape index (κ1) is 14.3. The van der Waals surface area contributed by atoms with Gasteiger partial charge in [0.05, 0.1) is 13.2 Å². The lowest BCUT2D eigenvalue weighted by molar-refractivity contribution is -0.132. The van der Waals surface area contributed by atoms with Crippen molar-refractivity contribution in [2.45, 2.75) is 20.0 Å². The van der Waals surface area contributed by atoms with Gasteiger partial charge in [0.2, 0.25) is 0 Å². The third-order valence-corrected chi connectivity index (χ3v) is 3.61. The quantitative estimate of drug-likeness (QED) is 0.903. The molecule has 1 N–H and O–H groups in total. The Balaban J connectivity index is 1.80. The molecule has 0 aliphatic carbocycles. The van der Waals surface area contributed by atoms with E-state index < -0.39 is 6.10 Å². The fraction of sp³-hybridized carbons (Fsp3) is 0.500. The topological polar surface area (TPSA) is 47.6 Å². The van der Waals surface area contributed by atoms with Gasteiger partial charge in [0, 0.05) is 16.4 Å². The summed E-state index contributed by atoms with van der Waals surface area (Å²) in [5, 5.41) is 2.90. The monoisotopic (exact) mass is 327 g/mol. The van der Waals surface area contributed by atoms with Gasteiger partial charge in [-0.3, -0.25) is 4.79 Å². The van der Waals surface area contributed by atoms with Gasteiger partial charge in [-0.25, -0.2) is 0 Å². The Kier molecular flexibility index (Phi) is 4.47. The van der Waals surface area contributed by atoms with Gasteiger partial charge in [-0.2, -0.15) is 0 Å². The highest BCUT2D eigenvalue weighted by Crippen LogP contribution is 2.25. The molecule has 2 rings (SSSR count). The van der Waals surface area contributed by atoms with E-state index in [1.54, 1.807) is 6.92 Å². The highest BCUT2D eigenvalue weighted by Gasteiger charge is 2.34. The van der Waals surface area contributed by atoms with Gasteiger partial charge in [0.15, 0.2) is 6.10 Å². The van der Waals surface area contributed by atoms with Gasteiger partial charge < -0.3 is 14.8 Å². The van der Waals surface area contributed by atoms with Gasteiger partial charge in [-0.05, 0) is 31.2 Å². The zero-order valence-corrected chi connectivity index (χ0v) is 12.7. The fourth-order valence-electron chi connectivity index (χ4n) is 1.77. The average Bonchev–Trinajstić information content (AvgIpc) is 2.36. The van der Waals surface area contributed by atoms with Crippen LogP contribution in [0, 0.1) is 5.41 Å². The van der Waals surface area contributed by atoms with Crippen LogP contribution in [0.5, 0.6) is 5.75 Å². The SMILES string of the molecule is CC(Oc1ccc(Br)cc1)C(=O)NCC1(C)COC1. The Bertz CT molecular complexity index is 443. The smallest absolute Gasteiger partial charge is 0.260 e. The van der Waals surface area contributed by atoms with Crippen molar-refractivity contribution in [1.82, 2.24) is 5.32 Å². The number of hydrogen-bond acceptors (Lipinski definition) is 3. The Morgan fingerprint density at radius 2 is 2.11 bits per heavy atom. The molecule has 1 aliphatic rings. The summed E-state index contributed by atoms with van der Waals surface area (Å²) in [6.07, 6.45) is -0.509. The normalized spacial score (nSPS) is 18.3. The van der Waals surface area contributed by atoms with Crippen molar-refractivity contribution in [2.24, 2.45) is 5.41 Å². The fourth-order valence-corrected chi connectivity index (χ4v) is 2.03. The maximum absolute atomic E-state index is 11.9. The molecule has 1 amide bonds. The number of carbonyl (C=O) groups is 1. The van der Waals surface area contributed by atoms with E-state index in [2.05, 4.69) is 28.2 Å². The standard InChI is InChI=1S/C14H18BrNO3/c1-10(19-12-5-3-11(15)4-6-12)13(17)16-7-14(2)8-18-9-14/h3-6,10H,7-9H2,1-2H3,(H,16,17). The van der Waals surface area contributed by atoms with Crippen LogP contribution >= 0.6 is 15.9 Å². The molecule has 1 aromatic carbocycles. The number of amides is 1.